The molecule has 0 spiro atoms. The summed E-state index contributed by atoms with van der Waals surface area (Å²) in [5.41, 5.74) is 0.389. The molecule has 0 unspecified atom stereocenters. The number of rotatable bonds is 5. The second-order valence-corrected chi connectivity index (χ2v) is 5.62. The van der Waals surface area contributed by atoms with Crippen LogP contribution in [0.4, 0.5) is 0 Å². The Morgan fingerprint density at radius 2 is 1.71 bits per heavy atom. The zero-order valence-electron chi connectivity index (χ0n) is 12.4. The maximum atomic E-state index is 12.4. The van der Waals surface area contributed by atoms with Crippen molar-refractivity contribution in [3.05, 3.63) is 29.8 Å². The highest BCUT2D eigenvalue weighted by molar-refractivity contribution is 6.25. The summed E-state index contributed by atoms with van der Waals surface area (Å²) < 4.78 is 5.45. The molecule has 1 aliphatic rings. The van der Waals surface area contributed by atoms with Crippen molar-refractivity contribution in [2.75, 3.05) is 6.61 Å². The third-order valence-corrected chi connectivity index (χ3v) is 3.62. The molecule has 1 aromatic carbocycles. The molecule has 4 nitrogen and oxygen atoms in total. The maximum Gasteiger partial charge on any atom is 0.180 e. The molecule has 0 aromatic heterocycles. The van der Waals surface area contributed by atoms with Crippen molar-refractivity contribution in [1.82, 2.24) is 0 Å². The molecule has 0 saturated heterocycles. The maximum absolute atomic E-state index is 12.4. The third-order valence-electron chi connectivity index (χ3n) is 3.62. The van der Waals surface area contributed by atoms with Crippen LogP contribution in [-0.2, 0) is 9.59 Å². The lowest BCUT2D eigenvalue weighted by atomic mass is 9.77. The highest BCUT2D eigenvalue weighted by atomic mass is 16.5. The van der Waals surface area contributed by atoms with Crippen LogP contribution in [0.5, 0.6) is 5.75 Å². The van der Waals surface area contributed by atoms with Gasteiger partial charge in [-0.3, -0.25) is 14.4 Å². The molecule has 1 saturated carbocycles. The van der Waals surface area contributed by atoms with Crippen LogP contribution in [0.3, 0.4) is 0 Å². The SMILES string of the molecule is CCCOc1ccc(C(=O)C2C(=O)CC(C)CC2=O)cc1. The van der Waals surface area contributed by atoms with Crippen molar-refractivity contribution >= 4 is 17.3 Å². The molecule has 21 heavy (non-hydrogen) atoms. The Labute approximate surface area is 124 Å². The number of ketones is 3. The minimum atomic E-state index is -1.11. The molecule has 0 bridgehead atoms. The van der Waals surface area contributed by atoms with Crippen LogP contribution < -0.4 is 4.74 Å². The van der Waals surface area contributed by atoms with Gasteiger partial charge in [-0.25, -0.2) is 0 Å². The summed E-state index contributed by atoms with van der Waals surface area (Å²) in [5.74, 6) is -1.28. The topological polar surface area (TPSA) is 60.4 Å². The van der Waals surface area contributed by atoms with Crippen LogP contribution in [0.1, 0.15) is 43.5 Å². The predicted octanol–water partition coefficient (Wildman–Crippen LogP) is 2.84. The van der Waals surface area contributed by atoms with Crippen molar-refractivity contribution < 1.29 is 19.1 Å². The van der Waals surface area contributed by atoms with Crippen molar-refractivity contribution in [1.29, 1.82) is 0 Å². The van der Waals surface area contributed by atoms with E-state index in [0.717, 1.165) is 6.42 Å². The zero-order valence-corrected chi connectivity index (χ0v) is 12.4. The number of carbonyl (C=O) groups excluding carboxylic acids is 3. The van der Waals surface area contributed by atoms with Crippen LogP contribution in [0.15, 0.2) is 24.3 Å². The predicted molar refractivity (Wildman–Crippen MR) is 78.5 cm³/mol. The Bertz CT molecular complexity index is 526. The van der Waals surface area contributed by atoms with E-state index in [0.29, 0.717) is 30.8 Å². The van der Waals surface area contributed by atoms with E-state index in [-0.39, 0.29) is 23.3 Å². The normalized spacial score (nSPS) is 22.2. The smallest absolute Gasteiger partial charge is 0.180 e. The summed E-state index contributed by atoms with van der Waals surface area (Å²) in [7, 11) is 0. The van der Waals surface area contributed by atoms with E-state index < -0.39 is 5.92 Å². The third kappa shape index (κ3) is 3.57. The first kappa shape index (κ1) is 15.4. The molecule has 1 aromatic rings. The first-order chi connectivity index (χ1) is 10.0. The van der Waals surface area contributed by atoms with Gasteiger partial charge in [0.25, 0.3) is 0 Å². The fourth-order valence-corrected chi connectivity index (χ4v) is 2.57. The van der Waals surface area contributed by atoms with Gasteiger partial charge in [0.1, 0.15) is 11.7 Å². The summed E-state index contributed by atoms with van der Waals surface area (Å²) in [6.45, 7) is 4.49. The van der Waals surface area contributed by atoms with Gasteiger partial charge in [-0.1, -0.05) is 13.8 Å². The lowest BCUT2D eigenvalue weighted by Gasteiger charge is -2.22. The van der Waals surface area contributed by atoms with E-state index in [1.807, 2.05) is 13.8 Å². The Morgan fingerprint density at radius 3 is 2.24 bits per heavy atom. The summed E-state index contributed by atoms with van der Waals surface area (Å²) >= 11 is 0. The summed E-state index contributed by atoms with van der Waals surface area (Å²) in [4.78, 5) is 36.3. The Morgan fingerprint density at radius 1 is 1.14 bits per heavy atom. The number of hydrogen-bond donors (Lipinski definition) is 0. The van der Waals surface area contributed by atoms with E-state index >= 15 is 0 Å². The molecule has 0 aliphatic heterocycles. The summed E-state index contributed by atoms with van der Waals surface area (Å²) in [6.07, 6.45) is 1.52. The van der Waals surface area contributed by atoms with Crippen molar-refractivity contribution in [3.63, 3.8) is 0 Å². The van der Waals surface area contributed by atoms with Gasteiger partial charge in [-0.05, 0) is 36.6 Å². The molecular weight excluding hydrogens is 268 g/mol. The van der Waals surface area contributed by atoms with E-state index in [1.54, 1.807) is 24.3 Å². The number of hydrogen-bond acceptors (Lipinski definition) is 4. The minimum Gasteiger partial charge on any atom is -0.494 e. The van der Waals surface area contributed by atoms with Gasteiger partial charge in [0.05, 0.1) is 6.61 Å². The average Bonchev–Trinajstić information content (AvgIpc) is 2.44. The van der Waals surface area contributed by atoms with Crippen LogP contribution in [0.25, 0.3) is 0 Å². The quantitative estimate of drug-likeness (QED) is 0.617. The Kier molecular flexibility index (Phi) is 4.89. The molecule has 0 radical (unpaired) electrons. The molecule has 0 atom stereocenters. The largest absolute Gasteiger partial charge is 0.494 e. The van der Waals surface area contributed by atoms with Gasteiger partial charge in [0.15, 0.2) is 17.3 Å². The number of Topliss-reactive ketones (excluding diaryl/α,β-unsaturated/α-hetero) is 3. The van der Waals surface area contributed by atoms with Crippen molar-refractivity contribution in [2.45, 2.75) is 33.1 Å². The van der Waals surface area contributed by atoms with E-state index in [2.05, 4.69) is 0 Å². The molecule has 1 fully saturated rings. The lowest BCUT2D eigenvalue weighted by Crippen LogP contribution is -2.38. The van der Waals surface area contributed by atoms with Gasteiger partial charge >= 0.3 is 0 Å². The van der Waals surface area contributed by atoms with E-state index in [4.69, 9.17) is 4.74 Å². The number of carbonyl (C=O) groups is 3. The molecule has 0 amide bonds. The second-order valence-electron chi connectivity index (χ2n) is 5.62. The van der Waals surface area contributed by atoms with Crippen LogP contribution in [-0.4, -0.2) is 24.0 Å². The first-order valence-electron chi connectivity index (χ1n) is 7.35. The van der Waals surface area contributed by atoms with Crippen molar-refractivity contribution in [2.24, 2.45) is 11.8 Å². The summed E-state index contributed by atoms with van der Waals surface area (Å²) in [6, 6.07) is 6.63. The van der Waals surface area contributed by atoms with Gasteiger partial charge in [0, 0.05) is 18.4 Å². The molecule has 0 N–H and O–H groups in total. The monoisotopic (exact) mass is 288 g/mol. The van der Waals surface area contributed by atoms with E-state index in [9.17, 15) is 14.4 Å². The highest BCUT2D eigenvalue weighted by Crippen LogP contribution is 2.26. The standard InChI is InChI=1S/C17H20O4/c1-3-8-21-13-6-4-12(5-7-13)17(20)16-14(18)9-11(2)10-15(16)19/h4-7,11,16H,3,8-10H2,1-2H3. The van der Waals surface area contributed by atoms with Crippen LogP contribution in [0, 0.1) is 11.8 Å². The average molecular weight is 288 g/mol. The molecule has 4 heteroatoms. The molecule has 112 valence electrons. The molecule has 1 aliphatic carbocycles. The Balaban J connectivity index is 2.12. The fourth-order valence-electron chi connectivity index (χ4n) is 2.57. The number of ether oxygens (including phenoxy) is 1. The van der Waals surface area contributed by atoms with Crippen LogP contribution in [0.2, 0.25) is 0 Å². The summed E-state index contributed by atoms with van der Waals surface area (Å²) in [5, 5.41) is 0. The fraction of sp³-hybridized carbons (Fsp3) is 0.471. The van der Waals surface area contributed by atoms with E-state index in [1.165, 1.54) is 0 Å². The zero-order chi connectivity index (χ0) is 15.4. The molecule has 0 heterocycles. The molecular formula is C17H20O4. The molecule has 2 rings (SSSR count). The first-order valence-corrected chi connectivity index (χ1v) is 7.35. The van der Waals surface area contributed by atoms with Gasteiger partial charge in [-0.15, -0.1) is 0 Å². The van der Waals surface area contributed by atoms with Gasteiger partial charge in [-0.2, -0.15) is 0 Å². The van der Waals surface area contributed by atoms with Gasteiger partial charge < -0.3 is 4.74 Å². The van der Waals surface area contributed by atoms with Crippen LogP contribution >= 0.6 is 0 Å². The van der Waals surface area contributed by atoms with Crippen molar-refractivity contribution in [3.8, 4) is 5.75 Å². The second kappa shape index (κ2) is 6.66. The van der Waals surface area contributed by atoms with Gasteiger partial charge in [0.2, 0.25) is 0 Å². The Hall–Kier alpha value is -1.97. The number of benzene rings is 1. The minimum absolute atomic E-state index is 0.0406. The lowest BCUT2D eigenvalue weighted by molar-refractivity contribution is -0.134. The highest BCUT2D eigenvalue weighted by Gasteiger charge is 2.38.